The Morgan fingerprint density at radius 3 is 2.60 bits per heavy atom. The summed E-state index contributed by atoms with van der Waals surface area (Å²) in [6.07, 6.45) is 7.15. The highest BCUT2D eigenvalue weighted by atomic mass is 35.5. The van der Waals surface area contributed by atoms with Gasteiger partial charge in [0.15, 0.2) is 0 Å². The molecule has 1 N–H and O–H groups in total. The molecule has 0 saturated heterocycles. The van der Waals surface area contributed by atoms with Gasteiger partial charge in [0.1, 0.15) is 28.9 Å². The maximum atomic E-state index is 15.2. The number of nitrogens with one attached hydrogen (secondary N) is 1. The van der Waals surface area contributed by atoms with Gasteiger partial charge in [0.05, 0.1) is 17.9 Å². The molecule has 0 aliphatic heterocycles. The lowest BCUT2D eigenvalue weighted by Crippen LogP contribution is -2.14. The highest BCUT2D eigenvalue weighted by molar-refractivity contribution is 6.32. The zero-order valence-corrected chi connectivity index (χ0v) is 17.6. The second-order valence-corrected chi connectivity index (χ2v) is 7.90. The summed E-state index contributed by atoms with van der Waals surface area (Å²) in [4.78, 5) is 8.35. The predicted octanol–water partition coefficient (Wildman–Crippen LogP) is 4.76. The van der Waals surface area contributed by atoms with Crippen molar-refractivity contribution >= 4 is 17.4 Å². The maximum absolute atomic E-state index is 15.2. The van der Waals surface area contributed by atoms with Gasteiger partial charge in [-0.05, 0) is 32.9 Å². The van der Waals surface area contributed by atoms with Gasteiger partial charge in [-0.15, -0.1) is 0 Å². The molecule has 4 rings (SSSR count). The van der Waals surface area contributed by atoms with Gasteiger partial charge in [0.25, 0.3) is 5.78 Å². The number of nitrogens with zero attached hydrogens (tertiary/aromatic N) is 4. The lowest BCUT2D eigenvalue weighted by Gasteiger charge is -2.25. The summed E-state index contributed by atoms with van der Waals surface area (Å²) in [5.74, 6) is -0.919. The summed E-state index contributed by atoms with van der Waals surface area (Å²) < 4.78 is 37.4. The van der Waals surface area contributed by atoms with Crippen LogP contribution in [0, 0.1) is 11.6 Å². The molecule has 0 amide bonds. The van der Waals surface area contributed by atoms with E-state index >= 15 is 8.78 Å². The highest BCUT2D eigenvalue weighted by Crippen LogP contribution is 2.42. The van der Waals surface area contributed by atoms with Crippen LogP contribution in [0.5, 0.6) is 5.75 Å². The van der Waals surface area contributed by atoms with E-state index in [0.29, 0.717) is 18.1 Å². The first-order valence-electron chi connectivity index (χ1n) is 10.3. The molecule has 9 heteroatoms. The molecule has 1 fully saturated rings. The molecule has 0 unspecified atom stereocenters. The third kappa shape index (κ3) is 4.11. The second-order valence-electron chi connectivity index (χ2n) is 7.54. The minimum atomic E-state index is -0.737. The van der Waals surface area contributed by atoms with E-state index in [0.717, 1.165) is 45.1 Å². The van der Waals surface area contributed by atoms with E-state index < -0.39 is 11.6 Å². The van der Waals surface area contributed by atoms with Crippen LogP contribution in [0.25, 0.3) is 16.9 Å². The van der Waals surface area contributed by atoms with Crippen LogP contribution in [0.1, 0.15) is 50.1 Å². The highest BCUT2D eigenvalue weighted by Gasteiger charge is 2.29. The molecule has 0 atom stereocenters. The van der Waals surface area contributed by atoms with Gasteiger partial charge in [-0.25, -0.2) is 13.3 Å². The average molecular weight is 436 g/mol. The zero-order valence-electron chi connectivity index (χ0n) is 16.8. The van der Waals surface area contributed by atoms with E-state index in [2.05, 4.69) is 20.4 Å². The Morgan fingerprint density at radius 2 is 1.90 bits per heavy atom. The third-order valence-corrected chi connectivity index (χ3v) is 5.79. The van der Waals surface area contributed by atoms with Crippen molar-refractivity contribution in [3.63, 3.8) is 0 Å². The Balaban J connectivity index is 1.80. The van der Waals surface area contributed by atoms with Gasteiger partial charge in [0, 0.05) is 23.6 Å². The Labute approximate surface area is 178 Å². The average Bonchev–Trinajstić information content (AvgIpc) is 3.19. The van der Waals surface area contributed by atoms with Crippen LogP contribution in [0.3, 0.4) is 0 Å². The third-order valence-electron chi connectivity index (χ3n) is 5.52. The first-order chi connectivity index (χ1) is 14.6. The van der Waals surface area contributed by atoms with Crippen LogP contribution in [0.4, 0.5) is 8.78 Å². The first-order valence-corrected chi connectivity index (χ1v) is 10.6. The van der Waals surface area contributed by atoms with Crippen molar-refractivity contribution in [2.45, 2.75) is 44.4 Å². The molecular formula is C21H24ClF2N5O. The Hall–Kier alpha value is -2.32. The fraction of sp³-hybridized carbons (Fsp3) is 0.476. The molecule has 1 saturated carbocycles. The predicted molar refractivity (Wildman–Crippen MR) is 111 cm³/mol. The molecule has 2 aromatic heterocycles. The largest absolute Gasteiger partial charge is 0.493 e. The number of ether oxygens (including phenoxy) is 1. The molecule has 1 aliphatic rings. The van der Waals surface area contributed by atoms with E-state index in [1.165, 1.54) is 18.5 Å². The molecule has 0 spiro atoms. The number of fused-ring (bicyclic) bond motifs is 1. The van der Waals surface area contributed by atoms with Crippen LogP contribution in [0.2, 0.25) is 5.15 Å². The summed E-state index contributed by atoms with van der Waals surface area (Å²) in [6.45, 7) is 1.12. The van der Waals surface area contributed by atoms with Gasteiger partial charge < -0.3 is 10.1 Å². The monoisotopic (exact) mass is 435 g/mol. The Bertz CT molecular complexity index is 1010. The van der Waals surface area contributed by atoms with Crippen molar-refractivity contribution in [1.29, 1.82) is 0 Å². The van der Waals surface area contributed by atoms with Crippen LogP contribution in [-0.4, -0.2) is 39.8 Å². The summed E-state index contributed by atoms with van der Waals surface area (Å²) in [6, 6.07) is 2.40. The molecular weight excluding hydrogens is 412 g/mol. The number of hydrogen-bond acceptors (Lipinski definition) is 5. The van der Waals surface area contributed by atoms with Crippen LogP contribution >= 0.6 is 11.6 Å². The quantitative estimate of drug-likeness (QED) is 0.428. The second kappa shape index (κ2) is 9.22. The molecule has 0 bridgehead atoms. The van der Waals surface area contributed by atoms with Crippen LogP contribution < -0.4 is 10.1 Å². The molecule has 3 aromatic rings. The molecule has 6 nitrogen and oxygen atoms in total. The van der Waals surface area contributed by atoms with Crippen molar-refractivity contribution < 1.29 is 13.5 Å². The lowest BCUT2D eigenvalue weighted by atomic mass is 9.84. The number of hydrogen-bond donors (Lipinski definition) is 1. The number of rotatable bonds is 7. The van der Waals surface area contributed by atoms with E-state index in [4.69, 9.17) is 16.3 Å². The Morgan fingerprint density at radius 1 is 1.17 bits per heavy atom. The minimum absolute atomic E-state index is 0.0246. The minimum Gasteiger partial charge on any atom is -0.493 e. The van der Waals surface area contributed by atoms with E-state index in [1.54, 1.807) is 4.52 Å². The Kier molecular flexibility index (Phi) is 6.43. The van der Waals surface area contributed by atoms with Crippen molar-refractivity contribution in [2.24, 2.45) is 0 Å². The molecule has 1 aliphatic carbocycles. The molecule has 0 radical (unpaired) electrons. The van der Waals surface area contributed by atoms with Crippen LogP contribution in [-0.2, 0) is 0 Å². The fourth-order valence-corrected chi connectivity index (χ4v) is 4.40. The van der Waals surface area contributed by atoms with Crippen LogP contribution in [0.15, 0.2) is 18.5 Å². The maximum Gasteiger partial charge on any atom is 0.253 e. The van der Waals surface area contributed by atoms with Crippen molar-refractivity contribution in [3.8, 4) is 16.9 Å². The molecule has 30 heavy (non-hydrogen) atoms. The number of benzene rings is 1. The summed E-state index contributed by atoms with van der Waals surface area (Å²) >= 11 is 6.46. The topological polar surface area (TPSA) is 64.3 Å². The number of aromatic nitrogens is 4. The van der Waals surface area contributed by atoms with E-state index in [1.807, 2.05) is 7.05 Å². The first kappa shape index (κ1) is 20.9. The van der Waals surface area contributed by atoms with Gasteiger partial charge in [0.2, 0.25) is 0 Å². The zero-order chi connectivity index (χ0) is 21.1. The fourth-order valence-electron chi connectivity index (χ4n) is 4.13. The normalized spacial score (nSPS) is 15.1. The lowest BCUT2D eigenvalue weighted by molar-refractivity contribution is 0.306. The van der Waals surface area contributed by atoms with Gasteiger partial charge >= 0.3 is 0 Å². The smallest absolute Gasteiger partial charge is 0.253 e. The number of halogens is 3. The van der Waals surface area contributed by atoms with Crippen molar-refractivity contribution in [1.82, 2.24) is 24.9 Å². The summed E-state index contributed by atoms with van der Waals surface area (Å²) in [5.41, 5.74) is 0.717. The van der Waals surface area contributed by atoms with Gasteiger partial charge in [-0.1, -0.05) is 30.9 Å². The van der Waals surface area contributed by atoms with Crippen molar-refractivity contribution in [2.75, 3.05) is 20.2 Å². The molecule has 1 aromatic carbocycles. The standard InChI is InChI=1S/C21H24ClF2N5O/c1-25-8-5-9-30-14-10-15(23)17(16(24)11-14)18-19(13-6-3-2-4-7-13)29-21(26-12-27-29)28-20(18)22/h10-13,25H,2-9H2,1H3. The van der Waals surface area contributed by atoms with E-state index in [9.17, 15) is 0 Å². The van der Waals surface area contributed by atoms with Gasteiger partial charge in [-0.2, -0.15) is 15.1 Å². The van der Waals surface area contributed by atoms with Gasteiger partial charge in [-0.3, -0.25) is 0 Å². The molecule has 2 heterocycles. The van der Waals surface area contributed by atoms with Crippen molar-refractivity contribution in [3.05, 3.63) is 40.9 Å². The van der Waals surface area contributed by atoms with E-state index in [-0.39, 0.29) is 27.9 Å². The summed E-state index contributed by atoms with van der Waals surface area (Å²) in [7, 11) is 1.84. The molecule has 160 valence electrons. The summed E-state index contributed by atoms with van der Waals surface area (Å²) in [5, 5.41) is 7.29. The SMILES string of the molecule is CNCCCOc1cc(F)c(-c2c(Cl)nc3ncnn3c2C2CCCCC2)c(F)c1.